The van der Waals surface area contributed by atoms with E-state index < -0.39 is 0 Å². The molecule has 0 radical (unpaired) electrons. The van der Waals surface area contributed by atoms with Crippen molar-refractivity contribution in [2.75, 3.05) is 13.1 Å². The molecule has 0 fully saturated rings. The van der Waals surface area contributed by atoms with Gasteiger partial charge < -0.3 is 4.90 Å². The number of nitrogens with zero attached hydrogens (tertiary/aromatic N) is 2. The maximum Gasteiger partial charge on any atom is 0.222 e. The van der Waals surface area contributed by atoms with Gasteiger partial charge in [0, 0.05) is 24.5 Å². The van der Waals surface area contributed by atoms with E-state index in [4.69, 9.17) is 16.9 Å². The molecule has 0 unspecified atom stereocenters. The van der Waals surface area contributed by atoms with Gasteiger partial charge in [0.25, 0.3) is 0 Å². The summed E-state index contributed by atoms with van der Waals surface area (Å²) in [6.07, 6.45) is 1.57. The summed E-state index contributed by atoms with van der Waals surface area (Å²) in [6.45, 7) is 3.10. The number of hydrogen-bond donors (Lipinski definition) is 0. The molecule has 3 nitrogen and oxygen atoms in total. The van der Waals surface area contributed by atoms with Crippen LogP contribution in [0.3, 0.4) is 0 Å². The largest absolute Gasteiger partial charge is 0.342 e. The van der Waals surface area contributed by atoms with Gasteiger partial charge in [-0.25, -0.2) is 0 Å². The molecule has 0 spiro atoms. The Balaban J connectivity index is 2.44. The van der Waals surface area contributed by atoms with E-state index in [1.54, 1.807) is 4.90 Å². The molecule has 1 aromatic rings. The van der Waals surface area contributed by atoms with Crippen LogP contribution in [0, 0.1) is 11.3 Å². The molecular weight excluding hydrogens is 248 g/mol. The second-order valence-corrected chi connectivity index (χ2v) is 4.44. The lowest BCUT2D eigenvalue weighted by Gasteiger charge is -2.19. The van der Waals surface area contributed by atoms with Gasteiger partial charge in [-0.2, -0.15) is 5.26 Å². The molecule has 0 heterocycles. The van der Waals surface area contributed by atoms with E-state index in [0.717, 1.165) is 5.56 Å². The van der Waals surface area contributed by atoms with Crippen molar-refractivity contribution in [1.82, 2.24) is 4.90 Å². The highest BCUT2D eigenvalue weighted by Crippen LogP contribution is 2.11. The van der Waals surface area contributed by atoms with Crippen molar-refractivity contribution >= 4 is 17.5 Å². The van der Waals surface area contributed by atoms with Crippen molar-refractivity contribution in [2.45, 2.75) is 26.2 Å². The number of amides is 1. The summed E-state index contributed by atoms with van der Waals surface area (Å²) in [6, 6.07) is 9.58. The number of carbonyl (C=O) groups is 1. The first-order valence-electron chi connectivity index (χ1n) is 6.06. The van der Waals surface area contributed by atoms with E-state index >= 15 is 0 Å². The first-order chi connectivity index (χ1) is 8.67. The molecule has 0 aliphatic carbocycles. The summed E-state index contributed by atoms with van der Waals surface area (Å²) in [4.78, 5) is 13.6. The first kappa shape index (κ1) is 14.5. The van der Waals surface area contributed by atoms with Crippen LogP contribution >= 0.6 is 11.6 Å². The van der Waals surface area contributed by atoms with Crippen LogP contribution in [0.15, 0.2) is 24.3 Å². The summed E-state index contributed by atoms with van der Waals surface area (Å²) in [7, 11) is 0. The van der Waals surface area contributed by atoms with Crippen LogP contribution in [-0.4, -0.2) is 23.9 Å². The van der Waals surface area contributed by atoms with Gasteiger partial charge >= 0.3 is 0 Å². The van der Waals surface area contributed by atoms with Gasteiger partial charge in [-0.1, -0.05) is 23.7 Å². The van der Waals surface area contributed by atoms with Crippen LogP contribution in [0.1, 0.15) is 25.3 Å². The van der Waals surface area contributed by atoms with Crippen LogP contribution < -0.4 is 0 Å². The molecule has 0 aromatic heterocycles. The minimum Gasteiger partial charge on any atom is -0.342 e. The van der Waals surface area contributed by atoms with Crippen LogP contribution in [0.2, 0.25) is 5.02 Å². The summed E-state index contributed by atoms with van der Waals surface area (Å²) in [5, 5.41) is 9.23. The van der Waals surface area contributed by atoms with E-state index in [0.29, 0.717) is 37.4 Å². The first-order valence-corrected chi connectivity index (χ1v) is 6.44. The SMILES string of the molecule is CCN(CCC#N)C(=O)CCc1ccc(Cl)cc1. The van der Waals surface area contributed by atoms with E-state index in [-0.39, 0.29) is 5.91 Å². The average molecular weight is 265 g/mol. The second kappa shape index (κ2) is 7.73. The molecule has 18 heavy (non-hydrogen) atoms. The van der Waals surface area contributed by atoms with E-state index in [1.807, 2.05) is 31.2 Å². The van der Waals surface area contributed by atoms with E-state index in [2.05, 4.69) is 6.07 Å². The van der Waals surface area contributed by atoms with Crippen molar-refractivity contribution < 1.29 is 4.79 Å². The van der Waals surface area contributed by atoms with Crippen LogP contribution in [0.5, 0.6) is 0 Å². The quantitative estimate of drug-likeness (QED) is 0.793. The Morgan fingerprint density at radius 3 is 2.61 bits per heavy atom. The Morgan fingerprint density at radius 1 is 1.39 bits per heavy atom. The fourth-order valence-corrected chi connectivity index (χ4v) is 1.83. The number of carbonyl (C=O) groups excluding carboxylic acids is 1. The van der Waals surface area contributed by atoms with Gasteiger partial charge in [0.15, 0.2) is 0 Å². The number of aryl methyl sites for hydroxylation is 1. The van der Waals surface area contributed by atoms with Gasteiger partial charge in [0.1, 0.15) is 0 Å². The van der Waals surface area contributed by atoms with Crippen LogP contribution in [0.25, 0.3) is 0 Å². The van der Waals surface area contributed by atoms with Crippen molar-refractivity contribution in [1.29, 1.82) is 5.26 Å². The molecule has 1 rings (SSSR count). The zero-order chi connectivity index (χ0) is 13.4. The second-order valence-electron chi connectivity index (χ2n) is 4.01. The number of benzene rings is 1. The van der Waals surface area contributed by atoms with Gasteiger partial charge in [-0.3, -0.25) is 4.79 Å². The lowest BCUT2D eigenvalue weighted by Crippen LogP contribution is -2.31. The number of nitriles is 1. The molecule has 4 heteroatoms. The molecule has 1 amide bonds. The monoisotopic (exact) mass is 264 g/mol. The molecule has 0 bridgehead atoms. The highest BCUT2D eigenvalue weighted by atomic mass is 35.5. The van der Waals surface area contributed by atoms with Gasteiger partial charge in [-0.15, -0.1) is 0 Å². The summed E-state index contributed by atoms with van der Waals surface area (Å²) >= 11 is 5.80. The number of halogens is 1. The van der Waals surface area contributed by atoms with E-state index in [1.165, 1.54) is 0 Å². The maximum absolute atomic E-state index is 11.9. The van der Waals surface area contributed by atoms with Crippen LogP contribution in [-0.2, 0) is 11.2 Å². The standard InChI is InChI=1S/C14H17ClN2O/c1-2-17(11-3-10-16)14(18)9-6-12-4-7-13(15)8-5-12/h4-5,7-8H,2-3,6,9,11H2,1H3. The van der Waals surface area contributed by atoms with Gasteiger partial charge in [-0.05, 0) is 31.0 Å². The number of rotatable bonds is 6. The molecule has 0 aliphatic rings. The predicted molar refractivity (Wildman–Crippen MR) is 72.3 cm³/mol. The van der Waals surface area contributed by atoms with Crippen molar-refractivity contribution in [3.05, 3.63) is 34.9 Å². The molecule has 1 aromatic carbocycles. The third-order valence-electron chi connectivity index (χ3n) is 2.77. The molecular formula is C14H17ClN2O. The zero-order valence-electron chi connectivity index (χ0n) is 10.5. The normalized spacial score (nSPS) is 9.83. The summed E-state index contributed by atoms with van der Waals surface area (Å²) in [5.74, 6) is 0.0997. The zero-order valence-corrected chi connectivity index (χ0v) is 11.3. The molecule has 0 N–H and O–H groups in total. The molecule has 0 saturated carbocycles. The fraction of sp³-hybridized carbons (Fsp3) is 0.429. The lowest BCUT2D eigenvalue weighted by molar-refractivity contribution is -0.130. The van der Waals surface area contributed by atoms with Crippen LogP contribution in [0.4, 0.5) is 0 Å². The smallest absolute Gasteiger partial charge is 0.222 e. The minimum atomic E-state index is 0.0997. The predicted octanol–water partition coefficient (Wildman–Crippen LogP) is 3.03. The highest BCUT2D eigenvalue weighted by Gasteiger charge is 2.10. The lowest BCUT2D eigenvalue weighted by atomic mass is 10.1. The summed E-state index contributed by atoms with van der Waals surface area (Å²) in [5.41, 5.74) is 1.10. The van der Waals surface area contributed by atoms with Crippen molar-refractivity contribution in [3.8, 4) is 6.07 Å². The van der Waals surface area contributed by atoms with Crippen molar-refractivity contribution in [2.24, 2.45) is 0 Å². The highest BCUT2D eigenvalue weighted by molar-refractivity contribution is 6.30. The molecule has 96 valence electrons. The Hall–Kier alpha value is -1.53. The fourth-order valence-electron chi connectivity index (χ4n) is 1.70. The Bertz CT molecular complexity index is 422. The molecule has 0 aliphatic heterocycles. The Kier molecular flexibility index (Phi) is 6.24. The van der Waals surface area contributed by atoms with Gasteiger partial charge in [0.2, 0.25) is 5.91 Å². The number of hydrogen-bond acceptors (Lipinski definition) is 2. The van der Waals surface area contributed by atoms with Crippen molar-refractivity contribution in [3.63, 3.8) is 0 Å². The molecule has 0 saturated heterocycles. The molecule has 0 atom stereocenters. The average Bonchev–Trinajstić information content (AvgIpc) is 2.39. The summed E-state index contributed by atoms with van der Waals surface area (Å²) < 4.78 is 0. The Labute approximate surface area is 113 Å². The van der Waals surface area contributed by atoms with Gasteiger partial charge in [0.05, 0.1) is 12.5 Å². The Morgan fingerprint density at radius 2 is 2.06 bits per heavy atom. The third-order valence-corrected chi connectivity index (χ3v) is 3.02. The topological polar surface area (TPSA) is 44.1 Å². The van der Waals surface area contributed by atoms with E-state index in [9.17, 15) is 4.79 Å². The maximum atomic E-state index is 11.9. The third kappa shape index (κ3) is 4.77. The minimum absolute atomic E-state index is 0.0997.